The zero-order valence-corrected chi connectivity index (χ0v) is 10.2. The number of amides is 4. The Bertz CT molecular complexity index is 559. The molecule has 1 aromatic carbocycles. The first-order chi connectivity index (χ1) is 8.97. The van der Waals surface area contributed by atoms with Crippen LogP contribution in [0, 0.1) is 5.82 Å². The molecule has 0 fully saturated rings. The first kappa shape index (κ1) is 13.0. The third kappa shape index (κ3) is 2.87. The Morgan fingerprint density at radius 3 is 2.84 bits per heavy atom. The SMILES string of the molecule is CC(=O)NC(=O)NCN1Cc2ccc(F)cc2C1=O. The van der Waals surface area contributed by atoms with E-state index < -0.39 is 17.8 Å². The Kier molecular flexibility index (Phi) is 3.46. The molecule has 7 heteroatoms. The number of carbonyl (C=O) groups excluding carboxylic acids is 3. The zero-order valence-electron chi connectivity index (χ0n) is 10.2. The van der Waals surface area contributed by atoms with Gasteiger partial charge in [-0.2, -0.15) is 0 Å². The van der Waals surface area contributed by atoms with Crippen LogP contribution < -0.4 is 10.6 Å². The number of benzene rings is 1. The lowest BCUT2D eigenvalue weighted by molar-refractivity contribution is -0.117. The molecular formula is C12H12FN3O3. The molecule has 1 aliphatic rings. The number of carbonyl (C=O) groups is 3. The predicted molar refractivity (Wildman–Crippen MR) is 63.5 cm³/mol. The number of hydrogen-bond acceptors (Lipinski definition) is 3. The van der Waals surface area contributed by atoms with Crippen LogP contribution in [0.2, 0.25) is 0 Å². The molecule has 0 saturated heterocycles. The van der Waals surface area contributed by atoms with Gasteiger partial charge in [-0.3, -0.25) is 14.9 Å². The molecular weight excluding hydrogens is 253 g/mol. The van der Waals surface area contributed by atoms with Crippen LogP contribution in [0.1, 0.15) is 22.8 Å². The minimum absolute atomic E-state index is 0.0474. The Labute approximate surface area is 108 Å². The number of nitrogens with zero attached hydrogens (tertiary/aromatic N) is 1. The molecule has 0 radical (unpaired) electrons. The number of fused-ring (bicyclic) bond motifs is 1. The van der Waals surface area contributed by atoms with Crippen molar-refractivity contribution in [3.8, 4) is 0 Å². The molecule has 100 valence electrons. The maximum absolute atomic E-state index is 13.0. The summed E-state index contributed by atoms with van der Waals surface area (Å²) in [4.78, 5) is 35.1. The average Bonchev–Trinajstić information content (AvgIpc) is 2.63. The number of hydrogen-bond donors (Lipinski definition) is 2. The highest BCUT2D eigenvalue weighted by atomic mass is 19.1. The number of imide groups is 1. The first-order valence-corrected chi connectivity index (χ1v) is 5.60. The van der Waals surface area contributed by atoms with E-state index in [2.05, 4.69) is 5.32 Å². The highest BCUT2D eigenvalue weighted by Crippen LogP contribution is 2.22. The van der Waals surface area contributed by atoms with Crippen LogP contribution in [-0.4, -0.2) is 29.4 Å². The Morgan fingerprint density at radius 1 is 1.42 bits per heavy atom. The molecule has 0 saturated carbocycles. The monoisotopic (exact) mass is 265 g/mol. The van der Waals surface area contributed by atoms with Gasteiger partial charge in [-0.25, -0.2) is 9.18 Å². The van der Waals surface area contributed by atoms with Crippen molar-refractivity contribution in [2.24, 2.45) is 0 Å². The van der Waals surface area contributed by atoms with Gasteiger partial charge in [-0.15, -0.1) is 0 Å². The molecule has 2 N–H and O–H groups in total. The lowest BCUT2D eigenvalue weighted by Gasteiger charge is -2.16. The highest BCUT2D eigenvalue weighted by molar-refractivity contribution is 5.98. The fraction of sp³-hybridized carbons (Fsp3) is 0.250. The van der Waals surface area contributed by atoms with E-state index in [0.29, 0.717) is 17.7 Å². The standard InChI is InChI=1S/C12H12FN3O3/c1-7(17)15-12(19)14-6-16-5-8-2-3-9(13)4-10(8)11(16)18/h2-4H,5-6H2,1H3,(H2,14,15,17,19). The van der Waals surface area contributed by atoms with E-state index in [4.69, 9.17) is 0 Å². The van der Waals surface area contributed by atoms with E-state index in [9.17, 15) is 18.8 Å². The van der Waals surface area contributed by atoms with Crippen molar-refractivity contribution in [2.75, 3.05) is 6.67 Å². The van der Waals surface area contributed by atoms with Crippen LogP contribution >= 0.6 is 0 Å². The van der Waals surface area contributed by atoms with Crippen LogP contribution in [0.5, 0.6) is 0 Å². The first-order valence-electron chi connectivity index (χ1n) is 5.60. The summed E-state index contributed by atoms with van der Waals surface area (Å²) in [5.41, 5.74) is 1.01. The van der Waals surface area contributed by atoms with Crippen molar-refractivity contribution in [1.82, 2.24) is 15.5 Å². The van der Waals surface area contributed by atoms with Crippen LogP contribution in [0.15, 0.2) is 18.2 Å². The van der Waals surface area contributed by atoms with Gasteiger partial charge in [-0.05, 0) is 17.7 Å². The minimum Gasteiger partial charge on any atom is -0.320 e. The largest absolute Gasteiger partial charge is 0.322 e. The van der Waals surface area contributed by atoms with Crippen LogP contribution in [0.3, 0.4) is 0 Å². The third-order valence-corrected chi connectivity index (χ3v) is 2.67. The summed E-state index contributed by atoms with van der Waals surface area (Å²) < 4.78 is 13.0. The van der Waals surface area contributed by atoms with Crippen molar-refractivity contribution < 1.29 is 18.8 Å². The van der Waals surface area contributed by atoms with Gasteiger partial charge in [-0.1, -0.05) is 6.07 Å². The normalized spacial score (nSPS) is 13.2. The van der Waals surface area contributed by atoms with Crippen molar-refractivity contribution in [3.05, 3.63) is 35.1 Å². The summed E-state index contributed by atoms with van der Waals surface area (Å²) in [6, 6.07) is 3.32. The molecule has 0 unspecified atom stereocenters. The van der Waals surface area contributed by atoms with Crippen molar-refractivity contribution in [3.63, 3.8) is 0 Å². The van der Waals surface area contributed by atoms with Crippen molar-refractivity contribution >= 4 is 17.8 Å². The van der Waals surface area contributed by atoms with Gasteiger partial charge in [0.05, 0.1) is 6.67 Å². The maximum atomic E-state index is 13.0. The number of halogens is 1. The summed E-state index contributed by atoms with van der Waals surface area (Å²) in [6.07, 6.45) is 0. The molecule has 0 atom stereocenters. The Morgan fingerprint density at radius 2 is 2.16 bits per heavy atom. The second kappa shape index (κ2) is 5.05. The second-order valence-electron chi connectivity index (χ2n) is 4.15. The van der Waals surface area contributed by atoms with Crippen molar-refractivity contribution in [1.29, 1.82) is 0 Å². The third-order valence-electron chi connectivity index (χ3n) is 2.67. The summed E-state index contributed by atoms with van der Waals surface area (Å²) in [5.74, 6) is -1.32. The van der Waals surface area contributed by atoms with Crippen LogP contribution in [-0.2, 0) is 11.3 Å². The smallest absolute Gasteiger partial charge is 0.320 e. The lowest BCUT2D eigenvalue weighted by Crippen LogP contribution is -2.44. The molecule has 2 rings (SSSR count). The number of nitrogens with one attached hydrogen (secondary N) is 2. The molecule has 1 aliphatic heterocycles. The summed E-state index contributed by atoms with van der Waals surface area (Å²) in [5, 5.41) is 4.40. The molecule has 1 aromatic rings. The quantitative estimate of drug-likeness (QED) is 0.821. The van der Waals surface area contributed by atoms with E-state index in [1.54, 1.807) is 0 Å². The van der Waals surface area contributed by atoms with Gasteiger partial charge in [0.25, 0.3) is 5.91 Å². The second-order valence-corrected chi connectivity index (χ2v) is 4.15. The van der Waals surface area contributed by atoms with E-state index in [0.717, 1.165) is 0 Å². The number of urea groups is 1. The van der Waals surface area contributed by atoms with Crippen molar-refractivity contribution in [2.45, 2.75) is 13.5 Å². The van der Waals surface area contributed by atoms with E-state index in [1.807, 2.05) is 5.32 Å². The summed E-state index contributed by atoms with van der Waals surface area (Å²) in [7, 11) is 0. The topological polar surface area (TPSA) is 78.5 Å². The van der Waals surface area contributed by atoms with Gasteiger partial charge in [0.2, 0.25) is 5.91 Å². The van der Waals surface area contributed by atoms with Gasteiger partial charge >= 0.3 is 6.03 Å². The highest BCUT2D eigenvalue weighted by Gasteiger charge is 2.27. The summed E-state index contributed by atoms with van der Waals surface area (Å²) >= 11 is 0. The number of rotatable bonds is 2. The molecule has 0 aromatic heterocycles. The van der Waals surface area contributed by atoms with Gasteiger partial charge in [0.15, 0.2) is 0 Å². The molecule has 4 amide bonds. The van der Waals surface area contributed by atoms with Gasteiger partial charge < -0.3 is 10.2 Å². The summed E-state index contributed by atoms with van der Waals surface area (Å²) in [6.45, 7) is 1.46. The Hall–Kier alpha value is -2.44. The average molecular weight is 265 g/mol. The van der Waals surface area contributed by atoms with Gasteiger partial charge in [0.1, 0.15) is 5.82 Å². The lowest BCUT2D eigenvalue weighted by atomic mass is 10.1. The van der Waals surface area contributed by atoms with Crippen LogP contribution in [0.25, 0.3) is 0 Å². The fourth-order valence-corrected chi connectivity index (χ4v) is 1.83. The molecule has 19 heavy (non-hydrogen) atoms. The molecule has 0 bridgehead atoms. The van der Waals surface area contributed by atoms with Gasteiger partial charge in [0, 0.05) is 19.0 Å². The van der Waals surface area contributed by atoms with Crippen LogP contribution in [0.4, 0.5) is 9.18 Å². The molecule has 0 aliphatic carbocycles. The minimum atomic E-state index is -0.678. The zero-order chi connectivity index (χ0) is 14.0. The fourth-order valence-electron chi connectivity index (χ4n) is 1.83. The van der Waals surface area contributed by atoms with E-state index >= 15 is 0 Å². The van der Waals surface area contributed by atoms with E-state index in [1.165, 1.54) is 30.0 Å². The predicted octanol–water partition coefficient (Wildman–Crippen LogP) is 0.585. The van der Waals surface area contributed by atoms with E-state index in [-0.39, 0.29) is 12.6 Å². The molecule has 6 nitrogen and oxygen atoms in total. The maximum Gasteiger partial charge on any atom is 0.322 e. The Balaban J connectivity index is 1.97. The molecule has 1 heterocycles. The molecule has 0 spiro atoms.